The lowest BCUT2D eigenvalue weighted by Gasteiger charge is -2.32. The third-order valence-corrected chi connectivity index (χ3v) is 7.90. The summed E-state index contributed by atoms with van der Waals surface area (Å²) in [6, 6.07) is 21.4. The van der Waals surface area contributed by atoms with Crippen LogP contribution in [0.3, 0.4) is 0 Å². The summed E-state index contributed by atoms with van der Waals surface area (Å²) >= 11 is 3.48. The second-order valence-corrected chi connectivity index (χ2v) is 12.8. The summed E-state index contributed by atoms with van der Waals surface area (Å²) in [5, 5.41) is 2.96. The first-order valence-electron chi connectivity index (χ1n) is 13.1. The minimum atomic E-state index is -3.67. The van der Waals surface area contributed by atoms with Crippen LogP contribution in [0.1, 0.15) is 37.8 Å². The number of benzene rings is 3. The van der Waals surface area contributed by atoms with Crippen molar-refractivity contribution in [1.29, 1.82) is 0 Å². The van der Waals surface area contributed by atoms with Crippen LogP contribution in [0.4, 0.5) is 10.1 Å². The molecule has 0 bridgehead atoms. The van der Waals surface area contributed by atoms with Gasteiger partial charge in [0.25, 0.3) is 0 Å². The molecule has 1 N–H and O–H groups in total. The van der Waals surface area contributed by atoms with E-state index in [-0.39, 0.29) is 43.8 Å². The minimum Gasteiger partial charge on any atom is -0.352 e. The fourth-order valence-electron chi connectivity index (χ4n) is 4.38. The fraction of sp³-hybridized carbons (Fsp3) is 0.333. The molecule has 0 saturated carbocycles. The van der Waals surface area contributed by atoms with Gasteiger partial charge in [0.1, 0.15) is 11.9 Å². The molecule has 3 aromatic carbocycles. The highest BCUT2D eigenvalue weighted by molar-refractivity contribution is 9.10. The molecular formula is C30H35BrFN3O4S. The zero-order valence-corrected chi connectivity index (χ0v) is 25.3. The zero-order valence-electron chi connectivity index (χ0n) is 22.9. The molecule has 0 aliphatic rings. The van der Waals surface area contributed by atoms with Crippen molar-refractivity contribution in [2.24, 2.45) is 0 Å². The maximum Gasteiger partial charge on any atom is 0.243 e. The molecule has 3 rings (SSSR count). The summed E-state index contributed by atoms with van der Waals surface area (Å²) in [4.78, 5) is 28.8. The molecule has 0 fully saturated rings. The highest BCUT2D eigenvalue weighted by Crippen LogP contribution is 2.21. The fourth-order valence-corrected chi connectivity index (χ4v) is 5.79. The molecule has 1 unspecified atom stereocenters. The van der Waals surface area contributed by atoms with E-state index in [1.54, 1.807) is 4.90 Å². The molecule has 10 heteroatoms. The van der Waals surface area contributed by atoms with Crippen LogP contribution in [-0.4, -0.2) is 50.0 Å². The van der Waals surface area contributed by atoms with E-state index in [0.29, 0.717) is 12.1 Å². The van der Waals surface area contributed by atoms with Crippen molar-refractivity contribution in [1.82, 2.24) is 10.2 Å². The van der Waals surface area contributed by atoms with E-state index >= 15 is 0 Å². The number of carbonyl (C=O) groups is 2. The normalized spacial score (nSPS) is 12.2. The third kappa shape index (κ3) is 9.45. The topological polar surface area (TPSA) is 86.8 Å². The van der Waals surface area contributed by atoms with E-state index in [1.165, 1.54) is 24.3 Å². The molecule has 0 aromatic heterocycles. The molecule has 40 heavy (non-hydrogen) atoms. The number of hydrogen-bond donors (Lipinski definition) is 1. The minimum absolute atomic E-state index is 0.0153. The first-order valence-corrected chi connectivity index (χ1v) is 15.7. The average Bonchev–Trinajstić information content (AvgIpc) is 2.89. The lowest BCUT2D eigenvalue weighted by Crippen LogP contribution is -2.51. The van der Waals surface area contributed by atoms with Crippen LogP contribution < -0.4 is 9.62 Å². The van der Waals surface area contributed by atoms with Gasteiger partial charge in [0.2, 0.25) is 21.8 Å². The van der Waals surface area contributed by atoms with E-state index in [0.717, 1.165) is 26.2 Å². The highest BCUT2D eigenvalue weighted by Gasteiger charge is 2.31. The van der Waals surface area contributed by atoms with Crippen LogP contribution in [0.25, 0.3) is 0 Å². The van der Waals surface area contributed by atoms with Crippen molar-refractivity contribution in [3.63, 3.8) is 0 Å². The second kappa shape index (κ2) is 14.4. The standard InChI is InChI=1S/C30H35BrFN3O4S/c1-22(2)33-30(37)28(20-23-9-5-4-6-10-23)34(21-24-11-7-12-25(31)19-24)29(36)13-8-18-35(40(3,38)39)27-16-14-26(32)15-17-27/h4-7,9-12,14-17,19,22,28H,8,13,18,20-21H2,1-3H3,(H,33,37). The number of hydrogen-bond acceptors (Lipinski definition) is 4. The maximum atomic E-state index is 13.8. The van der Waals surface area contributed by atoms with E-state index in [1.807, 2.05) is 68.4 Å². The number of carbonyl (C=O) groups excluding carboxylic acids is 2. The van der Waals surface area contributed by atoms with Crippen LogP contribution in [0.2, 0.25) is 0 Å². The molecule has 0 aliphatic heterocycles. The molecule has 0 aliphatic carbocycles. The summed E-state index contributed by atoms with van der Waals surface area (Å²) < 4.78 is 40.4. The molecule has 7 nitrogen and oxygen atoms in total. The molecule has 0 spiro atoms. The number of nitrogens with one attached hydrogen (secondary N) is 1. The molecule has 3 aromatic rings. The van der Waals surface area contributed by atoms with Gasteiger partial charge in [-0.15, -0.1) is 0 Å². The van der Waals surface area contributed by atoms with Gasteiger partial charge in [0, 0.05) is 36.4 Å². The van der Waals surface area contributed by atoms with E-state index < -0.39 is 21.9 Å². The first-order chi connectivity index (χ1) is 18.9. The van der Waals surface area contributed by atoms with E-state index in [4.69, 9.17) is 0 Å². The number of anilines is 1. The summed E-state index contributed by atoms with van der Waals surface area (Å²) in [6.45, 7) is 3.97. The number of amides is 2. The quantitative estimate of drug-likeness (QED) is 0.277. The lowest BCUT2D eigenvalue weighted by atomic mass is 10.0. The highest BCUT2D eigenvalue weighted by atomic mass is 79.9. The van der Waals surface area contributed by atoms with Crippen LogP contribution >= 0.6 is 15.9 Å². The Morgan fingerprint density at radius 2 is 1.60 bits per heavy atom. The summed E-state index contributed by atoms with van der Waals surface area (Å²) in [5.41, 5.74) is 2.08. The average molecular weight is 633 g/mol. The van der Waals surface area contributed by atoms with Gasteiger partial charge in [-0.25, -0.2) is 12.8 Å². The van der Waals surface area contributed by atoms with Gasteiger partial charge in [-0.3, -0.25) is 13.9 Å². The van der Waals surface area contributed by atoms with Crippen LogP contribution in [0.15, 0.2) is 83.3 Å². The Hall–Kier alpha value is -3.24. The molecule has 2 amide bonds. The largest absolute Gasteiger partial charge is 0.352 e. The number of sulfonamides is 1. The van der Waals surface area contributed by atoms with Gasteiger partial charge < -0.3 is 10.2 Å². The lowest BCUT2D eigenvalue weighted by molar-refractivity contribution is -0.141. The molecule has 214 valence electrons. The summed E-state index contributed by atoms with van der Waals surface area (Å²) in [5.74, 6) is -1.00. The number of rotatable bonds is 13. The Labute approximate surface area is 244 Å². The van der Waals surface area contributed by atoms with Crippen LogP contribution in [0, 0.1) is 5.82 Å². The molecule has 0 radical (unpaired) electrons. The smallest absolute Gasteiger partial charge is 0.243 e. The zero-order chi connectivity index (χ0) is 29.3. The van der Waals surface area contributed by atoms with Crippen molar-refractivity contribution < 1.29 is 22.4 Å². The third-order valence-electron chi connectivity index (χ3n) is 6.21. The molecule has 1 atom stereocenters. The molecule has 0 saturated heterocycles. The van der Waals surface area contributed by atoms with Crippen LogP contribution in [-0.2, 0) is 32.6 Å². The Bertz CT molecular complexity index is 1390. The Kier molecular flexibility index (Phi) is 11.3. The predicted octanol–water partition coefficient (Wildman–Crippen LogP) is 5.30. The van der Waals surface area contributed by atoms with E-state index in [9.17, 15) is 22.4 Å². The van der Waals surface area contributed by atoms with Gasteiger partial charge in [-0.2, -0.15) is 0 Å². The van der Waals surface area contributed by atoms with Crippen molar-refractivity contribution in [2.75, 3.05) is 17.1 Å². The van der Waals surface area contributed by atoms with Crippen molar-refractivity contribution in [3.8, 4) is 0 Å². The SMILES string of the molecule is CC(C)NC(=O)C(Cc1ccccc1)N(Cc1cccc(Br)c1)C(=O)CCCN(c1ccc(F)cc1)S(C)(=O)=O. The van der Waals surface area contributed by atoms with Gasteiger partial charge in [0.15, 0.2) is 0 Å². The second-order valence-electron chi connectivity index (χ2n) is 9.94. The monoisotopic (exact) mass is 631 g/mol. The Morgan fingerprint density at radius 3 is 2.20 bits per heavy atom. The summed E-state index contributed by atoms with van der Waals surface area (Å²) in [6.07, 6.45) is 1.62. The van der Waals surface area contributed by atoms with Gasteiger partial charge in [-0.05, 0) is 67.8 Å². The predicted molar refractivity (Wildman–Crippen MR) is 160 cm³/mol. The summed E-state index contributed by atoms with van der Waals surface area (Å²) in [7, 11) is -3.67. The molecule has 0 heterocycles. The van der Waals surface area contributed by atoms with Crippen molar-refractivity contribution in [2.45, 2.75) is 51.7 Å². The number of halogens is 2. The Balaban J connectivity index is 1.87. The molecular weight excluding hydrogens is 597 g/mol. The van der Waals surface area contributed by atoms with Gasteiger partial charge >= 0.3 is 0 Å². The number of nitrogens with zero attached hydrogens (tertiary/aromatic N) is 2. The van der Waals surface area contributed by atoms with Crippen molar-refractivity contribution >= 4 is 43.5 Å². The van der Waals surface area contributed by atoms with E-state index in [2.05, 4.69) is 21.2 Å². The van der Waals surface area contributed by atoms with Gasteiger partial charge in [0.05, 0.1) is 11.9 Å². The van der Waals surface area contributed by atoms with Gasteiger partial charge in [-0.1, -0.05) is 58.4 Å². The first kappa shape index (κ1) is 31.3. The Morgan fingerprint density at radius 1 is 0.950 bits per heavy atom. The maximum absolute atomic E-state index is 13.8. The van der Waals surface area contributed by atoms with Crippen molar-refractivity contribution in [3.05, 3.63) is 100 Å². The van der Waals surface area contributed by atoms with Crippen LogP contribution in [0.5, 0.6) is 0 Å².